The third kappa shape index (κ3) is 3.06. The van der Waals surface area contributed by atoms with E-state index in [2.05, 4.69) is 0 Å². The van der Waals surface area contributed by atoms with Crippen molar-refractivity contribution in [3.63, 3.8) is 0 Å². The van der Waals surface area contributed by atoms with Crippen LogP contribution in [0.4, 0.5) is 0 Å². The van der Waals surface area contributed by atoms with Crippen molar-refractivity contribution in [1.82, 2.24) is 0 Å². The molecule has 0 amide bonds. The van der Waals surface area contributed by atoms with Crippen LogP contribution >= 0.6 is 0 Å². The Morgan fingerprint density at radius 1 is 1.12 bits per heavy atom. The zero-order chi connectivity index (χ0) is 17.2. The highest BCUT2D eigenvalue weighted by Crippen LogP contribution is 2.39. The maximum atomic E-state index is 11.3. The number of nitrogens with zero attached hydrogens (tertiary/aromatic N) is 2. The van der Waals surface area contributed by atoms with E-state index in [1.54, 1.807) is 7.11 Å². The molecule has 1 aliphatic heterocycles. The van der Waals surface area contributed by atoms with Crippen molar-refractivity contribution in [3.05, 3.63) is 58.6 Å². The van der Waals surface area contributed by atoms with Gasteiger partial charge in [-0.25, -0.2) is 0 Å². The molecular weight excluding hydrogens is 316 g/mol. The smallest absolute Gasteiger partial charge is 0.181 e. The van der Waals surface area contributed by atoms with Gasteiger partial charge in [0, 0.05) is 35.4 Å². The molecule has 5 heteroatoms. The maximum Gasteiger partial charge on any atom is 0.181 e. The van der Waals surface area contributed by atoms with Crippen LogP contribution in [0.25, 0.3) is 0 Å². The fourth-order valence-corrected chi connectivity index (χ4v) is 3.72. The van der Waals surface area contributed by atoms with Crippen molar-refractivity contribution in [2.24, 2.45) is 4.99 Å². The molecule has 1 aliphatic carbocycles. The molecule has 0 unspecified atom stereocenters. The second-order valence-electron chi connectivity index (χ2n) is 6.57. The average molecular weight is 338 g/mol. The van der Waals surface area contributed by atoms with Gasteiger partial charge in [0.05, 0.1) is 18.9 Å². The zero-order valence-electron chi connectivity index (χ0n) is 14.4. The van der Waals surface area contributed by atoms with Gasteiger partial charge in [0.2, 0.25) is 0 Å². The average Bonchev–Trinajstić information content (AvgIpc) is 3.15. The molecule has 1 aromatic carbocycles. The van der Waals surface area contributed by atoms with E-state index in [1.165, 1.54) is 25.2 Å². The molecule has 0 bridgehead atoms. The van der Waals surface area contributed by atoms with E-state index in [9.17, 15) is 5.21 Å². The van der Waals surface area contributed by atoms with Crippen LogP contribution in [0.1, 0.15) is 42.4 Å². The van der Waals surface area contributed by atoms with Crippen LogP contribution < -0.4 is 14.2 Å². The second kappa shape index (κ2) is 6.75. The van der Waals surface area contributed by atoms with Crippen molar-refractivity contribution in [3.8, 4) is 11.5 Å². The molecule has 1 fully saturated rings. The lowest BCUT2D eigenvalue weighted by atomic mass is 9.92. The molecule has 0 saturated heterocycles. The first-order chi connectivity index (χ1) is 12.3. The Morgan fingerprint density at radius 3 is 2.60 bits per heavy atom. The summed E-state index contributed by atoms with van der Waals surface area (Å²) in [6.45, 7) is 0.711. The molecule has 1 aromatic heterocycles. The summed E-state index contributed by atoms with van der Waals surface area (Å²) in [6.07, 6.45) is 8.80. The summed E-state index contributed by atoms with van der Waals surface area (Å²) in [5.41, 5.74) is 4.10. The summed E-state index contributed by atoms with van der Waals surface area (Å²) in [6, 6.07) is 7.62. The summed E-state index contributed by atoms with van der Waals surface area (Å²) >= 11 is 0. The predicted octanol–water partition coefficient (Wildman–Crippen LogP) is 3.04. The lowest BCUT2D eigenvalue weighted by Gasteiger charge is -2.24. The molecular formula is C20H22N2O3. The van der Waals surface area contributed by atoms with Crippen molar-refractivity contribution >= 4 is 5.71 Å². The van der Waals surface area contributed by atoms with Gasteiger partial charge in [-0.15, -0.1) is 0 Å². The highest BCUT2D eigenvalue weighted by Gasteiger charge is 2.26. The third-order valence-corrected chi connectivity index (χ3v) is 4.99. The van der Waals surface area contributed by atoms with Gasteiger partial charge in [0.25, 0.3) is 0 Å². The largest absolute Gasteiger partial charge is 0.619 e. The number of aromatic nitrogens is 1. The number of aliphatic imine (C=N–C) groups is 1. The number of fused-ring (bicyclic) bond motifs is 1. The molecule has 2 heterocycles. The Morgan fingerprint density at radius 2 is 1.88 bits per heavy atom. The normalized spacial score (nSPS) is 17.1. The highest BCUT2D eigenvalue weighted by molar-refractivity contribution is 6.14. The first-order valence-electron chi connectivity index (χ1n) is 8.87. The summed E-state index contributed by atoms with van der Waals surface area (Å²) in [7, 11) is 1.69. The molecule has 0 spiro atoms. The SMILES string of the molecule is COc1ccc2c(c1OC1CCCC1)CCN=C2c1cc[n+]([O-])cc1. The van der Waals surface area contributed by atoms with Crippen molar-refractivity contribution in [2.75, 3.05) is 13.7 Å². The Kier molecular flexibility index (Phi) is 4.30. The van der Waals surface area contributed by atoms with E-state index in [0.29, 0.717) is 6.54 Å². The van der Waals surface area contributed by atoms with E-state index in [0.717, 1.165) is 57.9 Å². The minimum atomic E-state index is 0.277. The molecule has 25 heavy (non-hydrogen) atoms. The van der Waals surface area contributed by atoms with Crippen molar-refractivity contribution < 1.29 is 14.2 Å². The number of pyridine rings is 1. The van der Waals surface area contributed by atoms with E-state index in [4.69, 9.17) is 14.5 Å². The fourth-order valence-electron chi connectivity index (χ4n) is 3.72. The zero-order valence-corrected chi connectivity index (χ0v) is 14.4. The molecule has 0 atom stereocenters. The second-order valence-corrected chi connectivity index (χ2v) is 6.57. The van der Waals surface area contributed by atoms with Crippen LogP contribution in [0.15, 0.2) is 41.7 Å². The quantitative estimate of drug-likeness (QED) is 0.636. The minimum Gasteiger partial charge on any atom is -0.619 e. The summed E-state index contributed by atoms with van der Waals surface area (Å²) in [5, 5.41) is 11.3. The molecule has 130 valence electrons. The monoisotopic (exact) mass is 338 g/mol. The van der Waals surface area contributed by atoms with Gasteiger partial charge in [-0.1, -0.05) is 0 Å². The van der Waals surface area contributed by atoms with Crippen molar-refractivity contribution in [1.29, 1.82) is 0 Å². The number of benzene rings is 1. The number of hydrogen-bond acceptors (Lipinski definition) is 4. The Hall–Kier alpha value is -2.56. The van der Waals surface area contributed by atoms with Gasteiger partial charge in [-0.2, -0.15) is 4.73 Å². The third-order valence-electron chi connectivity index (χ3n) is 4.99. The molecule has 4 rings (SSSR count). The topological polar surface area (TPSA) is 57.8 Å². The van der Waals surface area contributed by atoms with E-state index in [1.807, 2.05) is 24.3 Å². The van der Waals surface area contributed by atoms with Gasteiger partial charge in [-0.05, 0) is 44.2 Å². The van der Waals surface area contributed by atoms with Gasteiger partial charge in [-0.3, -0.25) is 4.99 Å². The van der Waals surface area contributed by atoms with Crippen LogP contribution in [0.5, 0.6) is 11.5 Å². The van der Waals surface area contributed by atoms with Crippen LogP contribution in [-0.2, 0) is 6.42 Å². The molecule has 0 radical (unpaired) electrons. The van der Waals surface area contributed by atoms with Crippen LogP contribution in [0.2, 0.25) is 0 Å². The van der Waals surface area contributed by atoms with Crippen molar-refractivity contribution in [2.45, 2.75) is 38.2 Å². The standard InChI is InChI=1S/C20H22N2O3/c1-24-18-7-6-16-17(20(18)25-15-4-2-3-5-15)8-11-21-19(16)14-9-12-22(23)13-10-14/h6-7,9-10,12-13,15H,2-5,8,11H2,1H3. The summed E-state index contributed by atoms with van der Waals surface area (Å²) in [5.74, 6) is 1.66. The number of methoxy groups -OCH3 is 1. The van der Waals surface area contributed by atoms with E-state index in [-0.39, 0.29) is 6.10 Å². The Bertz CT molecular complexity index is 793. The summed E-state index contributed by atoms with van der Waals surface area (Å²) < 4.78 is 12.7. The lowest BCUT2D eigenvalue weighted by molar-refractivity contribution is -0.605. The first kappa shape index (κ1) is 15.9. The van der Waals surface area contributed by atoms with Crippen LogP contribution in [0.3, 0.4) is 0 Å². The summed E-state index contributed by atoms with van der Waals surface area (Å²) in [4.78, 5) is 4.71. The molecule has 1 saturated carbocycles. The molecule has 0 N–H and O–H groups in total. The highest BCUT2D eigenvalue weighted by atomic mass is 16.5. The van der Waals surface area contributed by atoms with E-state index >= 15 is 0 Å². The number of hydrogen-bond donors (Lipinski definition) is 0. The first-order valence-corrected chi connectivity index (χ1v) is 8.87. The lowest BCUT2D eigenvalue weighted by Crippen LogP contribution is -2.25. The van der Waals surface area contributed by atoms with E-state index < -0.39 is 0 Å². The molecule has 5 nitrogen and oxygen atoms in total. The van der Waals surface area contributed by atoms with Gasteiger partial charge < -0.3 is 14.7 Å². The van der Waals surface area contributed by atoms with Gasteiger partial charge in [0.1, 0.15) is 0 Å². The van der Waals surface area contributed by atoms with Crippen LogP contribution in [-0.4, -0.2) is 25.5 Å². The molecule has 2 aromatic rings. The predicted molar refractivity (Wildman–Crippen MR) is 95.5 cm³/mol. The van der Waals surface area contributed by atoms with Gasteiger partial charge in [0.15, 0.2) is 23.9 Å². The fraction of sp³-hybridized carbons (Fsp3) is 0.400. The Labute approximate surface area is 147 Å². The Balaban J connectivity index is 1.75. The molecule has 2 aliphatic rings. The number of ether oxygens (including phenoxy) is 2. The number of rotatable bonds is 4. The van der Waals surface area contributed by atoms with Gasteiger partial charge >= 0.3 is 0 Å². The van der Waals surface area contributed by atoms with Crippen LogP contribution in [0, 0.1) is 5.21 Å². The minimum absolute atomic E-state index is 0.277. The maximum absolute atomic E-state index is 11.3.